The molecule has 0 amide bonds. The first-order chi connectivity index (χ1) is 9.45. The van der Waals surface area contributed by atoms with E-state index in [2.05, 4.69) is 19.1 Å². The molecular formula is C18H19FO. The summed E-state index contributed by atoms with van der Waals surface area (Å²) >= 11 is 0. The van der Waals surface area contributed by atoms with Crippen molar-refractivity contribution in [2.24, 2.45) is 0 Å². The summed E-state index contributed by atoms with van der Waals surface area (Å²) in [6, 6.07) is 10.3. The van der Waals surface area contributed by atoms with Crippen LogP contribution in [0.3, 0.4) is 0 Å². The van der Waals surface area contributed by atoms with Gasteiger partial charge >= 0.3 is 0 Å². The Labute approximate surface area is 119 Å². The lowest BCUT2D eigenvalue weighted by atomic mass is 9.94. The summed E-state index contributed by atoms with van der Waals surface area (Å²) in [7, 11) is 0. The molecule has 0 aliphatic rings. The number of rotatable bonds is 4. The molecule has 0 aromatic heterocycles. The minimum absolute atomic E-state index is 0.159. The van der Waals surface area contributed by atoms with Crippen molar-refractivity contribution in [2.45, 2.75) is 33.6 Å². The van der Waals surface area contributed by atoms with Gasteiger partial charge in [0, 0.05) is 12.8 Å². The van der Waals surface area contributed by atoms with Gasteiger partial charge in [-0.2, -0.15) is 0 Å². The predicted octanol–water partition coefficient (Wildman–Crippen LogP) is 4.11. The second kappa shape index (κ2) is 6.00. The van der Waals surface area contributed by atoms with Gasteiger partial charge in [0.1, 0.15) is 11.6 Å². The average Bonchev–Trinajstić information content (AvgIpc) is 2.36. The normalized spacial score (nSPS) is 10.6. The number of halogens is 1. The van der Waals surface area contributed by atoms with E-state index in [1.165, 1.54) is 17.7 Å². The van der Waals surface area contributed by atoms with Crippen LogP contribution in [0.2, 0.25) is 0 Å². The highest BCUT2D eigenvalue weighted by Gasteiger charge is 2.10. The topological polar surface area (TPSA) is 17.1 Å². The van der Waals surface area contributed by atoms with E-state index in [1.807, 2.05) is 13.8 Å². The van der Waals surface area contributed by atoms with E-state index >= 15 is 0 Å². The molecule has 0 saturated heterocycles. The first kappa shape index (κ1) is 14.4. The molecular weight excluding hydrogens is 251 g/mol. The first-order valence-corrected chi connectivity index (χ1v) is 6.78. The fourth-order valence-electron chi connectivity index (χ4n) is 2.58. The van der Waals surface area contributed by atoms with Crippen LogP contribution in [0.15, 0.2) is 36.4 Å². The van der Waals surface area contributed by atoms with Gasteiger partial charge < -0.3 is 0 Å². The second-order valence-corrected chi connectivity index (χ2v) is 5.40. The maximum absolute atomic E-state index is 12.8. The van der Waals surface area contributed by atoms with Crippen molar-refractivity contribution in [3.05, 3.63) is 70.0 Å². The van der Waals surface area contributed by atoms with Crippen LogP contribution in [-0.4, -0.2) is 5.78 Å². The third kappa shape index (κ3) is 3.53. The summed E-state index contributed by atoms with van der Waals surface area (Å²) in [6.07, 6.45) is 0.794. The van der Waals surface area contributed by atoms with Gasteiger partial charge in [-0.05, 0) is 55.2 Å². The van der Waals surface area contributed by atoms with Crippen molar-refractivity contribution in [3.63, 3.8) is 0 Å². The van der Waals surface area contributed by atoms with E-state index in [4.69, 9.17) is 0 Å². The molecule has 2 aromatic rings. The fraction of sp³-hybridized carbons (Fsp3) is 0.278. The molecule has 0 heterocycles. The number of hydrogen-bond donors (Lipinski definition) is 0. The molecule has 0 spiro atoms. The predicted molar refractivity (Wildman–Crippen MR) is 79.5 cm³/mol. The molecule has 2 aromatic carbocycles. The van der Waals surface area contributed by atoms with Crippen molar-refractivity contribution >= 4 is 5.78 Å². The number of carbonyl (C=O) groups excluding carboxylic acids is 1. The minimum Gasteiger partial charge on any atom is -0.299 e. The van der Waals surface area contributed by atoms with Crippen LogP contribution in [0, 0.1) is 26.6 Å². The molecule has 20 heavy (non-hydrogen) atoms. The second-order valence-electron chi connectivity index (χ2n) is 5.40. The molecule has 2 rings (SSSR count). The fourth-order valence-corrected chi connectivity index (χ4v) is 2.58. The lowest BCUT2D eigenvalue weighted by molar-refractivity contribution is -0.117. The third-order valence-electron chi connectivity index (χ3n) is 3.53. The maximum Gasteiger partial charge on any atom is 0.141 e. The van der Waals surface area contributed by atoms with Gasteiger partial charge in [-0.15, -0.1) is 0 Å². The highest BCUT2D eigenvalue weighted by Crippen LogP contribution is 2.18. The van der Waals surface area contributed by atoms with Crippen molar-refractivity contribution in [1.29, 1.82) is 0 Å². The summed E-state index contributed by atoms with van der Waals surface area (Å²) < 4.78 is 12.8. The van der Waals surface area contributed by atoms with E-state index < -0.39 is 0 Å². The molecule has 104 valence electrons. The Morgan fingerprint density at radius 3 is 2.05 bits per heavy atom. The molecule has 0 saturated carbocycles. The van der Waals surface area contributed by atoms with Crippen molar-refractivity contribution in [1.82, 2.24) is 0 Å². The van der Waals surface area contributed by atoms with Gasteiger partial charge in [-0.1, -0.05) is 29.8 Å². The average molecular weight is 270 g/mol. The molecule has 0 radical (unpaired) electrons. The Balaban J connectivity index is 2.10. The van der Waals surface area contributed by atoms with Crippen LogP contribution in [0.1, 0.15) is 27.8 Å². The van der Waals surface area contributed by atoms with Gasteiger partial charge in [-0.25, -0.2) is 4.39 Å². The number of hydrogen-bond acceptors (Lipinski definition) is 1. The number of aryl methyl sites for hydroxylation is 3. The van der Waals surface area contributed by atoms with Gasteiger partial charge in [-0.3, -0.25) is 4.79 Å². The highest BCUT2D eigenvalue weighted by atomic mass is 19.1. The lowest BCUT2D eigenvalue weighted by Gasteiger charge is -2.10. The molecule has 2 heteroatoms. The van der Waals surface area contributed by atoms with E-state index in [-0.39, 0.29) is 11.6 Å². The molecule has 1 nitrogen and oxygen atoms in total. The van der Waals surface area contributed by atoms with E-state index in [1.54, 1.807) is 12.1 Å². The molecule has 0 N–H and O–H groups in total. The van der Waals surface area contributed by atoms with Crippen LogP contribution in [0.5, 0.6) is 0 Å². The van der Waals surface area contributed by atoms with Crippen molar-refractivity contribution in [3.8, 4) is 0 Å². The van der Waals surface area contributed by atoms with Gasteiger partial charge in [0.25, 0.3) is 0 Å². The number of benzene rings is 2. The Kier molecular flexibility index (Phi) is 4.33. The Bertz CT molecular complexity index is 603. The SMILES string of the molecule is Cc1cc(C)c(CC(=O)Cc2ccc(F)cc2)c(C)c1. The number of Topliss-reactive ketones (excluding diaryl/α,β-unsaturated/α-hetero) is 1. The zero-order valence-electron chi connectivity index (χ0n) is 12.2. The van der Waals surface area contributed by atoms with Crippen molar-refractivity contribution in [2.75, 3.05) is 0 Å². The summed E-state index contributed by atoms with van der Waals surface area (Å²) in [4.78, 5) is 12.2. The highest BCUT2D eigenvalue weighted by molar-refractivity contribution is 5.83. The number of carbonyl (C=O) groups is 1. The summed E-state index contributed by atoms with van der Waals surface area (Å²) in [6.45, 7) is 6.14. The summed E-state index contributed by atoms with van der Waals surface area (Å²) in [5.41, 5.74) is 5.51. The van der Waals surface area contributed by atoms with Gasteiger partial charge in [0.05, 0.1) is 0 Å². The van der Waals surface area contributed by atoms with E-state index in [0.29, 0.717) is 12.8 Å². The zero-order valence-corrected chi connectivity index (χ0v) is 12.2. The quantitative estimate of drug-likeness (QED) is 0.817. The van der Waals surface area contributed by atoms with Crippen LogP contribution in [-0.2, 0) is 17.6 Å². The van der Waals surface area contributed by atoms with Crippen LogP contribution < -0.4 is 0 Å². The largest absolute Gasteiger partial charge is 0.299 e. The lowest BCUT2D eigenvalue weighted by Crippen LogP contribution is -2.09. The molecule has 0 aliphatic carbocycles. The first-order valence-electron chi connectivity index (χ1n) is 6.78. The molecule has 0 aliphatic heterocycles. The van der Waals surface area contributed by atoms with Crippen molar-refractivity contribution < 1.29 is 9.18 Å². The monoisotopic (exact) mass is 270 g/mol. The molecule has 0 bridgehead atoms. The van der Waals surface area contributed by atoms with Gasteiger partial charge in [0.2, 0.25) is 0 Å². The number of ketones is 1. The molecule has 0 atom stereocenters. The Morgan fingerprint density at radius 1 is 0.950 bits per heavy atom. The van der Waals surface area contributed by atoms with Crippen LogP contribution >= 0.6 is 0 Å². The minimum atomic E-state index is -0.272. The smallest absolute Gasteiger partial charge is 0.141 e. The van der Waals surface area contributed by atoms with E-state index in [9.17, 15) is 9.18 Å². The molecule has 0 fully saturated rings. The Morgan fingerprint density at radius 2 is 1.50 bits per heavy atom. The molecule has 0 unspecified atom stereocenters. The summed E-state index contributed by atoms with van der Waals surface area (Å²) in [5, 5.41) is 0. The maximum atomic E-state index is 12.8. The zero-order chi connectivity index (χ0) is 14.7. The van der Waals surface area contributed by atoms with E-state index in [0.717, 1.165) is 22.3 Å². The van der Waals surface area contributed by atoms with Gasteiger partial charge in [0.15, 0.2) is 0 Å². The van der Waals surface area contributed by atoms with Crippen LogP contribution in [0.25, 0.3) is 0 Å². The summed E-state index contributed by atoms with van der Waals surface area (Å²) in [5.74, 6) is -0.113. The third-order valence-corrected chi connectivity index (χ3v) is 3.53. The van der Waals surface area contributed by atoms with Crippen LogP contribution in [0.4, 0.5) is 4.39 Å². The Hall–Kier alpha value is -1.96. The standard InChI is InChI=1S/C18H19FO/c1-12-8-13(2)18(14(3)9-12)11-17(20)10-15-4-6-16(19)7-5-15/h4-9H,10-11H2,1-3H3.